The summed E-state index contributed by atoms with van der Waals surface area (Å²) in [4.78, 5) is 10.3. The summed E-state index contributed by atoms with van der Waals surface area (Å²) >= 11 is 5.18. The minimum atomic E-state index is -0.496. The minimum Gasteiger partial charge on any atom is -0.427 e. The summed E-state index contributed by atoms with van der Waals surface area (Å²) in [5.74, 6) is -0.133. The van der Waals surface area contributed by atoms with Crippen LogP contribution in [-0.2, 0) is 9.53 Å². The van der Waals surface area contributed by atoms with Crippen molar-refractivity contribution in [2.75, 3.05) is 0 Å². The Hall–Kier alpha value is -0.760. The van der Waals surface area contributed by atoms with Gasteiger partial charge in [0, 0.05) is 11.6 Å². The number of hydrogen-bond acceptors (Lipinski definition) is 2. The van der Waals surface area contributed by atoms with E-state index in [2.05, 4.69) is 11.3 Å². The summed E-state index contributed by atoms with van der Waals surface area (Å²) < 4.78 is 4.52. The molecular weight excluding hydrogens is 140 g/mol. The minimum absolute atomic E-state index is 0.363. The van der Waals surface area contributed by atoms with Gasteiger partial charge >= 0.3 is 5.97 Å². The van der Waals surface area contributed by atoms with E-state index in [0.717, 1.165) is 6.08 Å². The molecule has 0 N–H and O–H groups in total. The van der Waals surface area contributed by atoms with Gasteiger partial charge in [-0.05, 0) is 6.92 Å². The number of carbonyl (C=O) groups excluding carboxylic acids is 1. The Bertz CT molecular complexity index is 149. The molecule has 0 atom stereocenters. The predicted octanol–water partition coefficient (Wildman–Crippen LogP) is 1.82. The van der Waals surface area contributed by atoms with Crippen LogP contribution in [0.4, 0.5) is 0 Å². The zero-order chi connectivity index (χ0) is 7.28. The zero-order valence-electron chi connectivity index (χ0n) is 5.06. The molecule has 0 saturated carbocycles. The second-order valence-electron chi connectivity index (χ2n) is 1.34. The van der Waals surface area contributed by atoms with Crippen LogP contribution in [0.5, 0.6) is 0 Å². The molecule has 0 rings (SSSR count). The van der Waals surface area contributed by atoms with Gasteiger partial charge in [0.25, 0.3) is 0 Å². The molecule has 50 valence electrons. The van der Waals surface area contributed by atoms with Crippen molar-refractivity contribution in [3.05, 3.63) is 23.9 Å². The van der Waals surface area contributed by atoms with Gasteiger partial charge in [0.05, 0.1) is 0 Å². The maximum absolute atomic E-state index is 10.3. The van der Waals surface area contributed by atoms with E-state index in [4.69, 9.17) is 11.6 Å². The molecule has 0 bridgehead atoms. The lowest BCUT2D eigenvalue weighted by molar-refractivity contribution is -0.133. The van der Waals surface area contributed by atoms with Crippen LogP contribution in [0.15, 0.2) is 23.9 Å². The van der Waals surface area contributed by atoms with Gasteiger partial charge in [-0.2, -0.15) is 0 Å². The topological polar surface area (TPSA) is 26.3 Å². The fourth-order valence-corrected chi connectivity index (χ4v) is 0.267. The molecule has 0 fully saturated rings. The Morgan fingerprint density at radius 2 is 2.33 bits per heavy atom. The standard InChI is InChI=1S/C6H7ClO2/c1-3-6(8)9-5(2)4-7/h3-4H,1H2,2H3. The van der Waals surface area contributed by atoms with E-state index < -0.39 is 5.97 Å². The van der Waals surface area contributed by atoms with Crippen LogP contribution in [0, 0.1) is 0 Å². The average molecular weight is 147 g/mol. The van der Waals surface area contributed by atoms with E-state index in [-0.39, 0.29) is 0 Å². The summed E-state index contributed by atoms with van der Waals surface area (Å²) in [6.07, 6.45) is 1.07. The number of ether oxygens (including phenoxy) is 1. The first-order chi connectivity index (χ1) is 4.20. The average Bonchev–Trinajstić information content (AvgIpc) is 1.87. The number of halogens is 1. The van der Waals surface area contributed by atoms with Crippen LogP contribution in [0.25, 0.3) is 0 Å². The number of carbonyl (C=O) groups is 1. The smallest absolute Gasteiger partial charge is 0.335 e. The van der Waals surface area contributed by atoms with Crippen LogP contribution < -0.4 is 0 Å². The van der Waals surface area contributed by atoms with Crippen molar-refractivity contribution in [2.24, 2.45) is 0 Å². The lowest BCUT2D eigenvalue weighted by Gasteiger charge is -1.96. The first-order valence-corrected chi connectivity index (χ1v) is 2.75. The van der Waals surface area contributed by atoms with Crippen molar-refractivity contribution in [1.82, 2.24) is 0 Å². The van der Waals surface area contributed by atoms with Crippen molar-refractivity contribution < 1.29 is 9.53 Å². The third kappa shape index (κ3) is 3.79. The molecule has 0 radical (unpaired) electrons. The van der Waals surface area contributed by atoms with Gasteiger partial charge in [0.15, 0.2) is 0 Å². The number of hydrogen-bond donors (Lipinski definition) is 0. The quantitative estimate of drug-likeness (QED) is 0.338. The molecule has 0 aliphatic carbocycles. The van der Waals surface area contributed by atoms with Crippen molar-refractivity contribution in [3.63, 3.8) is 0 Å². The Morgan fingerprint density at radius 3 is 2.67 bits per heavy atom. The Balaban J connectivity index is 3.74. The van der Waals surface area contributed by atoms with E-state index in [9.17, 15) is 4.79 Å². The number of allylic oxidation sites excluding steroid dienone is 1. The molecule has 0 aliphatic heterocycles. The number of esters is 1. The molecule has 0 unspecified atom stereocenters. The summed E-state index contributed by atoms with van der Waals surface area (Å²) in [7, 11) is 0. The lowest BCUT2D eigenvalue weighted by atomic mass is 10.6. The van der Waals surface area contributed by atoms with Gasteiger partial charge < -0.3 is 4.74 Å². The van der Waals surface area contributed by atoms with Crippen LogP contribution in [-0.4, -0.2) is 5.97 Å². The Kier molecular flexibility index (Phi) is 3.80. The molecule has 0 aromatic heterocycles. The highest BCUT2D eigenvalue weighted by molar-refractivity contribution is 6.25. The fraction of sp³-hybridized carbons (Fsp3) is 0.167. The molecule has 2 nitrogen and oxygen atoms in total. The molecule has 0 heterocycles. The van der Waals surface area contributed by atoms with E-state index in [0.29, 0.717) is 5.76 Å². The van der Waals surface area contributed by atoms with Gasteiger partial charge in [-0.25, -0.2) is 4.79 Å². The molecular formula is C6H7ClO2. The van der Waals surface area contributed by atoms with Crippen LogP contribution in [0.1, 0.15) is 6.92 Å². The van der Waals surface area contributed by atoms with Crippen molar-refractivity contribution in [3.8, 4) is 0 Å². The molecule has 0 aliphatic rings. The maximum Gasteiger partial charge on any atom is 0.335 e. The van der Waals surface area contributed by atoms with Crippen molar-refractivity contribution in [2.45, 2.75) is 6.92 Å². The fourth-order valence-electron chi connectivity index (χ4n) is 0.223. The van der Waals surface area contributed by atoms with Gasteiger partial charge in [-0.1, -0.05) is 18.2 Å². The highest BCUT2D eigenvalue weighted by atomic mass is 35.5. The third-order valence-corrected chi connectivity index (χ3v) is 0.889. The van der Waals surface area contributed by atoms with E-state index in [1.807, 2.05) is 0 Å². The third-order valence-electron chi connectivity index (χ3n) is 0.582. The van der Waals surface area contributed by atoms with Gasteiger partial charge in [0.2, 0.25) is 0 Å². The molecule has 3 heteroatoms. The second kappa shape index (κ2) is 4.15. The maximum atomic E-state index is 10.3. The zero-order valence-corrected chi connectivity index (χ0v) is 5.81. The molecule has 9 heavy (non-hydrogen) atoms. The highest BCUT2D eigenvalue weighted by Gasteiger charge is 1.94. The Morgan fingerprint density at radius 1 is 1.78 bits per heavy atom. The monoisotopic (exact) mass is 146 g/mol. The van der Waals surface area contributed by atoms with Crippen LogP contribution >= 0.6 is 11.6 Å². The lowest BCUT2D eigenvalue weighted by Crippen LogP contribution is -1.96. The van der Waals surface area contributed by atoms with E-state index in [1.165, 1.54) is 5.54 Å². The largest absolute Gasteiger partial charge is 0.427 e. The molecule has 0 amide bonds. The van der Waals surface area contributed by atoms with Gasteiger partial charge in [0.1, 0.15) is 5.76 Å². The van der Waals surface area contributed by atoms with Crippen LogP contribution in [0.3, 0.4) is 0 Å². The molecule has 0 saturated heterocycles. The van der Waals surface area contributed by atoms with Crippen molar-refractivity contribution >= 4 is 17.6 Å². The highest BCUT2D eigenvalue weighted by Crippen LogP contribution is 1.97. The predicted molar refractivity (Wildman–Crippen MR) is 35.9 cm³/mol. The van der Waals surface area contributed by atoms with Crippen LogP contribution in [0.2, 0.25) is 0 Å². The van der Waals surface area contributed by atoms with Crippen molar-refractivity contribution in [1.29, 1.82) is 0 Å². The Labute approximate surface area is 58.8 Å². The van der Waals surface area contributed by atoms with Gasteiger partial charge in [-0.3, -0.25) is 0 Å². The summed E-state index contributed by atoms with van der Waals surface area (Å²) in [5.41, 5.74) is 1.18. The summed E-state index contributed by atoms with van der Waals surface area (Å²) in [6.45, 7) is 4.78. The normalized spacial score (nSPS) is 10.7. The van der Waals surface area contributed by atoms with Gasteiger partial charge in [-0.15, -0.1) is 0 Å². The SMILES string of the molecule is C=CC(=O)OC(C)=CCl. The second-order valence-corrected chi connectivity index (χ2v) is 1.56. The van der Waals surface area contributed by atoms with E-state index >= 15 is 0 Å². The summed E-state index contributed by atoms with van der Waals surface area (Å²) in [5, 5.41) is 0. The first-order valence-electron chi connectivity index (χ1n) is 2.32. The first kappa shape index (κ1) is 8.24. The number of rotatable bonds is 2. The molecule has 0 spiro atoms. The molecule has 0 aromatic carbocycles. The molecule has 0 aromatic rings. The van der Waals surface area contributed by atoms with E-state index in [1.54, 1.807) is 6.92 Å². The summed E-state index contributed by atoms with van der Waals surface area (Å²) in [6, 6.07) is 0.